The lowest BCUT2D eigenvalue weighted by molar-refractivity contribution is 0.102. The summed E-state index contributed by atoms with van der Waals surface area (Å²) in [6.45, 7) is 2.23. The molecule has 7 heteroatoms. The van der Waals surface area contributed by atoms with Crippen molar-refractivity contribution in [3.05, 3.63) is 59.4 Å². The minimum absolute atomic E-state index is 0.147. The Morgan fingerprint density at radius 3 is 2.50 bits per heavy atom. The highest BCUT2D eigenvalue weighted by Crippen LogP contribution is 2.24. The quantitative estimate of drug-likeness (QED) is 0.927. The first kappa shape index (κ1) is 16.4. The van der Waals surface area contributed by atoms with Gasteiger partial charge in [-0.2, -0.15) is 0 Å². The predicted molar refractivity (Wildman–Crippen MR) is 91.3 cm³/mol. The van der Waals surface area contributed by atoms with Crippen LogP contribution in [0.1, 0.15) is 22.3 Å². The van der Waals surface area contributed by atoms with Crippen LogP contribution in [0.5, 0.6) is 0 Å². The van der Waals surface area contributed by atoms with E-state index < -0.39 is 15.8 Å². The summed E-state index contributed by atoms with van der Waals surface area (Å²) in [6.07, 6.45) is 0.601. The number of nitrogens with one attached hydrogen (secondary N) is 1. The number of benzene rings is 2. The Morgan fingerprint density at radius 2 is 1.88 bits per heavy atom. The number of anilines is 2. The standard InChI is InChI=1S/C17H17FN2O3S/c1-12-3-6-14(18)11-16(12)19-17(21)13-4-7-15(8-5-13)20-9-2-10-24(20,22)23/h3-8,11H,2,9-10H2,1H3,(H,19,21). The van der Waals surface area contributed by atoms with Gasteiger partial charge in [0.25, 0.3) is 5.91 Å². The first-order valence-electron chi connectivity index (χ1n) is 7.55. The van der Waals surface area contributed by atoms with Crippen LogP contribution in [0.25, 0.3) is 0 Å². The molecule has 24 heavy (non-hydrogen) atoms. The van der Waals surface area contributed by atoms with E-state index in [1.165, 1.54) is 16.4 Å². The largest absolute Gasteiger partial charge is 0.322 e. The molecule has 1 aliphatic heterocycles. The van der Waals surface area contributed by atoms with Gasteiger partial charge in [0.2, 0.25) is 10.0 Å². The van der Waals surface area contributed by atoms with E-state index in [0.717, 1.165) is 5.56 Å². The van der Waals surface area contributed by atoms with E-state index in [1.54, 1.807) is 37.3 Å². The van der Waals surface area contributed by atoms with Crippen LogP contribution in [0.15, 0.2) is 42.5 Å². The fourth-order valence-electron chi connectivity index (χ4n) is 2.63. The third-order valence-corrected chi connectivity index (χ3v) is 5.83. The molecule has 0 aromatic heterocycles. The summed E-state index contributed by atoms with van der Waals surface area (Å²) in [6, 6.07) is 10.5. The molecule has 1 N–H and O–H groups in total. The topological polar surface area (TPSA) is 66.5 Å². The van der Waals surface area contributed by atoms with Crippen LogP contribution in [0.4, 0.5) is 15.8 Å². The number of aryl methyl sites for hydroxylation is 1. The van der Waals surface area contributed by atoms with Gasteiger partial charge >= 0.3 is 0 Å². The molecule has 2 aromatic carbocycles. The van der Waals surface area contributed by atoms with Crippen LogP contribution in [0.3, 0.4) is 0 Å². The summed E-state index contributed by atoms with van der Waals surface area (Å²) in [5.74, 6) is -0.654. The van der Waals surface area contributed by atoms with Crippen molar-refractivity contribution in [2.75, 3.05) is 21.9 Å². The highest BCUT2D eigenvalue weighted by molar-refractivity contribution is 7.93. The summed E-state index contributed by atoms with van der Waals surface area (Å²) < 4.78 is 38.4. The zero-order chi connectivity index (χ0) is 17.3. The van der Waals surface area contributed by atoms with Gasteiger partial charge < -0.3 is 5.32 Å². The van der Waals surface area contributed by atoms with Crippen LogP contribution in [-0.2, 0) is 10.0 Å². The summed E-state index contributed by atoms with van der Waals surface area (Å²) in [5.41, 5.74) is 2.08. The van der Waals surface area contributed by atoms with Gasteiger partial charge in [0.05, 0.1) is 11.4 Å². The Labute approximate surface area is 140 Å². The molecule has 1 amide bonds. The molecular formula is C17H17FN2O3S. The number of amides is 1. The number of hydrogen-bond acceptors (Lipinski definition) is 3. The van der Waals surface area contributed by atoms with Crippen molar-refractivity contribution < 1.29 is 17.6 Å². The maximum absolute atomic E-state index is 13.3. The molecule has 3 rings (SSSR count). The Bertz CT molecular complexity index is 879. The summed E-state index contributed by atoms with van der Waals surface area (Å²) in [4.78, 5) is 12.3. The number of sulfonamides is 1. The fraction of sp³-hybridized carbons (Fsp3) is 0.235. The zero-order valence-corrected chi connectivity index (χ0v) is 13.9. The molecule has 0 atom stereocenters. The van der Waals surface area contributed by atoms with Crippen LogP contribution >= 0.6 is 0 Å². The second-order valence-corrected chi connectivity index (χ2v) is 7.71. The number of nitrogens with zero attached hydrogens (tertiary/aromatic N) is 1. The highest BCUT2D eigenvalue weighted by atomic mass is 32.2. The lowest BCUT2D eigenvalue weighted by atomic mass is 10.1. The SMILES string of the molecule is Cc1ccc(F)cc1NC(=O)c1ccc(N2CCCS2(=O)=O)cc1. The Hall–Kier alpha value is -2.41. The first-order valence-corrected chi connectivity index (χ1v) is 9.16. The van der Waals surface area contributed by atoms with Gasteiger partial charge in [0.1, 0.15) is 5.82 Å². The normalized spacial score (nSPS) is 16.2. The van der Waals surface area contributed by atoms with E-state index in [4.69, 9.17) is 0 Å². The lowest BCUT2D eigenvalue weighted by Crippen LogP contribution is -2.25. The number of rotatable bonds is 3. The maximum Gasteiger partial charge on any atom is 0.255 e. The third-order valence-electron chi connectivity index (χ3n) is 3.96. The predicted octanol–water partition coefficient (Wildman–Crippen LogP) is 2.93. The van der Waals surface area contributed by atoms with E-state index in [0.29, 0.717) is 29.9 Å². The van der Waals surface area contributed by atoms with Crippen LogP contribution in [-0.4, -0.2) is 26.6 Å². The molecule has 0 saturated carbocycles. The van der Waals surface area contributed by atoms with Crippen LogP contribution < -0.4 is 9.62 Å². The average Bonchev–Trinajstić information content (AvgIpc) is 2.90. The smallest absolute Gasteiger partial charge is 0.255 e. The van der Waals surface area contributed by atoms with Crippen LogP contribution in [0, 0.1) is 12.7 Å². The van der Waals surface area contributed by atoms with Gasteiger partial charge in [-0.1, -0.05) is 6.07 Å². The van der Waals surface area contributed by atoms with Crippen LogP contribution in [0.2, 0.25) is 0 Å². The van der Waals surface area contributed by atoms with Gasteiger partial charge in [-0.25, -0.2) is 12.8 Å². The molecule has 5 nitrogen and oxygen atoms in total. The Morgan fingerprint density at radius 1 is 1.17 bits per heavy atom. The second-order valence-electron chi connectivity index (χ2n) is 5.70. The molecule has 1 saturated heterocycles. The molecule has 0 unspecified atom stereocenters. The van der Waals surface area contributed by atoms with Crippen molar-refractivity contribution in [1.82, 2.24) is 0 Å². The molecule has 0 radical (unpaired) electrons. The zero-order valence-electron chi connectivity index (χ0n) is 13.1. The Kier molecular flexibility index (Phi) is 4.28. The minimum Gasteiger partial charge on any atom is -0.322 e. The molecule has 2 aromatic rings. The number of carbonyl (C=O) groups is 1. The van der Waals surface area contributed by atoms with Crippen molar-refractivity contribution in [3.63, 3.8) is 0 Å². The molecule has 0 spiro atoms. The molecule has 1 heterocycles. The summed E-state index contributed by atoms with van der Waals surface area (Å²) in [7, 11) is -3.24. The summed E-state index contributed by atoms with van der Waals surface area (Å²) in [5, 5.41) is 2.66. The van der Waals surface area contributed by atoms with Gasteiger partial charge in [0, 0.05) is 17.8 Å². The van der Waals surface area contributed by atoms with E-state index in [2.05, 4.69) is 5.32 Å². The summed E-state index contributed by atoms with van der Waals surface area (Å²) >= 11 is 0. The van der Waals surface area contributed by atoms with E-state index in [9.17, 15) is 17.6 Å². The molecule has 0 bridgehead atoms. The second kappa shape index (κ2) is 6.24. The molecule has 1 aliphatic rings. The highest BCUT2D eigenvalue weighted by Gasteiger charge is 2.28. The molecule has 126 valence electrons. The number of halogens is 1. The van der Waals surface area contributed by atoms with Crippen molar-refractivity contribution in [2.45, 2.75) is 13.3 Å². The maximum atomic E-state index is 13.3. The minimum atomic E-state index is -3.24. The molecule has 1 fully saturated rings. The van der Waals surface area contributed by atoms with Crippen molar-refractivity contribution in [2.24, 2.45) is 0 Å². The van der Waals surface area contributed by atoms with Crippen molar-refractivity contribution in [1.29, 1.82) is 0 Å². The number of hydrogen-bond donors (Lipinski definition) is 1. The molecular weight excluding hydrogens is 331 g/mol. The lowest BCUT2D eigenvalue weighted by Gasteiger charge is -2.17. The van der Waals surface area contributed by atoms with Gasteiger partial charge in [0.15, 0.2) is 0 Å². The Balaban J connectivity index is 1.78. The molecule has 0 aliphatic carbocycles. The van der Waals surface area contributed by atoms with Gasteiger partial charge in [-0.05, 0) is 55.3 Å². The van der Waals surface area contributed by atoms with E-state index in [-0.39, 0.29) is 11.7 Å². The average molecular weight is 348 g/mol. The first-order chi connectivity index (χ1) is 11.4. The number of carbonyl (C=O) groups excluding carboxylic acids is 1. The van der Waals surface area contributed by atoms with Gasteiger partial charge in [-0.15, -0.1) is 0 Å². The fourth-order valence-corrected chi connectivity index (χ4v) is 4.20. The third kappa shape index (κ3) is 3.26. The van der Waals surface area contributed by atoms with E-state index >= 15 is 0 Å². The van der Waals surface area contributed by atoms with E-state index in [1.807, 2.05) is 0 Å². The van der Waals surface area contributed by atoms with Crippen molar-refractivity contribution >= 4 is 27.3 Å². The van der Waals surface area contributed by atoms with Gasteiger partial charge in [-0.3, -0.25) is 9.10 Å². The monoisotopic (exact) mass is 348 g/mol. The van der Waals surface area contributed by atoms with Crippen molar-refractivity contribution in [3.8, 4) is 0 Å².